The molecular weight excluding hydrogens is 232 g/mol. The summed E-state index contributed by atoms with van der Waals surface area (Å²) >= 11 is 6.25. The van der Waals surface area contributed by atoms with Crippen LogP contribution in [0.5, 0.6) is 0 Å². The van der Waals surface area contributed by atoms with Crippen molar-refractivity contribution < 1.29 is 0 Å². The first-order valence-electron chi connectivity index (χ1n) is 5.93. The number of thiol groups is 1. The molecule has 0 bridgehead atoms. The van der Waals surface area contributed by atoms with Crippen LogP contribution in [0.3, 0.4) is 0 Å². The van der Waals surface area contributed by atoms with E-state index in [1.54, 1.807) is 0 Å². The summed E-state index contributed by atoms with van der Waals surface area (Å²) < 4.78 is 0. The van der Waals surface area contributed by atoms with Crippen molar-refractivity contribution >= 4 is 24.0 Å². The highest BCUT2D eigenvalue weighted by atomic mass is 32.1. The van der Waals surface area contributed by atoms with Gasteiger partial charge in [-0.15, -0.1) is 11.3 Å². The lowest BCUT2D eigenvalue weighted by Crippen LogP contribution is -2.16. The Morgan fingerprint density at radius 2 is 1.81 bits per heavy atom. The Hall–Kier alpha value is 0.0500. The largest absolute Gasteiger partial charge is 0.179 e. The summed E-state index contributed by atoms with van der Waals surface area (Å²) in [4.78, 5) is 1.51. The predicted molar refractivity (Wildman–Crippen MR) is 79.0 cm³/mol. The monoisotopic (exact) mass is 256 g/mol. The van der Waals surface area contributed by atoms with Gasteiger partial charge in [0.15, 0.2) is 0 Å². The van der Waals surface area contributed by atoms with Gasteiger partial charge in [0.25, 0.3) is 0 Å². The average Bonchev–Trinajstić information content (AvgIpc) is 2.49. The van der Waals surface area contributed by atoms with Gasteiger partial charge >= 0.3 is 0 Å². The first kappa shape index (κ1) is 14.1. The zero-order valence-corrected chi connectivity index (χ0v) is 12.8. The molecule has 16 heavy (non-hydrogen) atoms. The van der Waals surface area contributed by atoms with Gasteiger partial charge in [-0.2, -0.15) is 12.6 Å². The third kappa shape index (κ3) is 4.14. The van der Waals surface area contributed by atoms with Crippen molar-refractivity contribution in [2.45, 2.75) is 52.9 Å². The van der Waals surface area contributed by atoms with Gasteiger partial charge in [-0.1, -0.05) is 34.6 Å². The SMILES string of the molecule is CC(C)(C)Cc1cc(C(C)(C)CCS)cs1. The van der Waals surface area contributed by atoms with Crippen LogP contribution in [-0.4, -0.2) is 5.75 Å². The maximum atomic E-state index is 4.34. The molecule has 0 saturated carbocycles. The molecule has 0 aliphatic rings. The quantitative estimate of drug-likeness (QED) is 0.725. The molecule has 0 aromatic carbocycles. The number of thiophene rings is 1. The third-order valence-corrected chi connectivity index (χ3v) is 4.04. The van der Waals surface area contributed by atoms with E-state index in [0.29, 0.717) is 5.41 Å². The summed E-state index contributed by atoms with van der Waals surface area (Å²) in [6, 6.07) is 2.39. The molecule has 2 heteroatoms. The van der Waals surface area contributed by atoms with Crippen LogP contribution in [0.4, 0.5) is 0 Å². The van der Waals surface area contributed by atoms with Crippen LogP contribution in [0.15, 0.2) is 11.4 Å². The van der Waals surface area contributed by atoms with Gasteiger partial charge in [-0.25, -0.2) is 0 Å². The fourth-order valence-corrected chi connectivity index (χ4v) is 3.71. The lowest BCUT2D eigenvalue weighted by molar-refractivity contribution is 0.414. The van der Waals surface area contributed by atoms with Crippen LogP contribution in [0.25, 0.3) is 0 Å². The zero-order chi connectivity index (χ0) is 12.4. The van der Waals surface area contributed by atoms with Crippen molar-refractivity contribution in [2.75, 3.05) is 5.75 Å². The molecule has 0 N–H and O–H groups in total. The number of rotatable bonds is 4. The summed E-state index contributed by atoms with van der Waals surface area (Å²) in [7, 11) is 0. The van der Waals surface area contributed by atoms with E-state index in [1.165, 1.54) is 16.9 Å². The standard InChI is InChI=1S/C14H24S2/c1-13(2,3)9-12-8-11(10-16-12)14(4,5)6-7-15/h8,10,15H,6-7,9H2,1-5H3. The molecule has 1 heterocycles. The number of hydrogen-bond acceptors (Lipinski definition) is 2. The fourth-order valence-electron chi connectivity index (χ4n) is 1.77. The summed E-state index contributed by atoms with van der Waals surface area (Å²) in [6.07, 6.45) is 2.32. The van der Waals surface area contributed by atoms with Gasteiger partial charge in [0, 0.05) is 4.88 Å². The Kier molecular flexibility index (Phi) is 4.53. The second-order valence-electron chi connectivity index (χ2n) is 6.40. The minimum Gasteiger partial charge on any atom is -0.179 e. The normalized spacial score (nSPS) is 13.1. The van der Waals surface area contributed by atoms with Gasteiger partial charge in [0.2, 0.25) is 0 Å². The maximum Gasteiger partial charge on any atom is 0.00534 e. The molecule has 0 fully saturated rings. The topological polar surface area (TPSA) is 0 Å². The molecule has 0 nitrogen and oxygen atoms in total. The van der Waals surface area contributed by atoms with Crippen LogP contribution in [0, 0.1) is 5.41 Å². The summed E-state index contributed by atoms with van der Waals surface area (Å²) in [6.45, 7) is 11.5. The first-order chi connectivity index (χ1) is 7.24. The second kappa shape index (κ2) is 5.14. The Bertz CT molecular complexity index is 329. The van der Waals surface area contributed by atoms with Crippen molar-refractivity contribution in [2.24, 2.45) is 5.41 Å². The third-order valence-electron chi connectivity index (χ3n) is 2.88. The van der Waals surface area contributed by atoms with Gasteiger partial charge in [0.05, 0.1) is 0 Å². The van der Waals surface area contributed by atoms with E-state index in [9.17, 15) is 0 Å². The summed E-state index contributed by atoms with van der Waals surface area (Å²) in [5, 5.41) is 2.32. The molecule has 0 saturated heterocycles. The average molecular weight is 256 g/mol. The molecule has 0 unspecified atom stereocenters. The van der Waals surface area contributed by atoms with Gasteiger partial charge in [0.1, 0.15) is 0 Å². The van der Waals surface area contributed by atoms with Crippen molar-refractivity contribution in [1.82, 2.24) is 0 Å². The molecule has 0 atom stereocenters. The van der Waals surface area contributed by atoms with E-state index in [1.807, 2.05) is 11.3 Å². The predicted octanol–water partition coefficient (Wildman–Crippen LogP) is 4.93. The Morgan fingerprint density at radius 3 is 2.31 bits per heavy atom. The molecule has 0 aliphatic heterocycles. The lowest BCUT2D eigenvalue weighted by Gasteiger charge is -2.22. The molecule has 0 amide bonds. The molecule has 1 aromatic rings. The van der Waals surface area contributed by atoms with Crippen LogP contribution in [0.2, 0.25) is 0 Å². The minimum atomic E-state index is 0.272. The highest BCUT2D eigenvalue weighted by Gasteiger charge is 2.22. The molecule has 0 radical (unpaired) electrons. The highest BCUT2D eigenvalue weighted by Crippen LogP contribution is 2.33. The molecule has 0 aliphatic carbocycles. The van der Waals surface area contributed by atoms with Crippen LogP contribution in [0.1, 0.15) is 51.5 Å². The van der Waals surface area contributed by atoms with Crippen molar-refractivity contribution in [1.29, 1.82) is 0 Å². The van der Waals surface area contributed by atoms with Crippen molar-refractivity contribution in [3.63, 3.8) is 0 Å². The Labute approximate surface area is 110 Å². The molecule has 0 spiro atoms. The van der Waals surface area contributed by atoms with Crippen molar-refractivity contribution in [3.8, 4) is 0 Å². The van der Waals surface area contributed by atoms with Gasteiger partial charge in [-0.3, -0.25) is 0 Å². The van der Waals surface area contributed by atoms with Crippen molar-refractivity contribution in [3.05, 3.63) is 21.9 Å². The summed E-state index contributed by atoms with van der Waals surface area (Å²) in [5.41, 5.74) is 2.13. The Morgan fingerprint density at radius 1 is 1.19 bits per heavy atom. The fraction of sp³-hybridized carbons (Fsp3) is 0.714. The number of hydrogen-bond donors (Lipinski definition) is 1. The van der Waals surface area contributed by atoms with E-state index in [-0.39, 0.29) is 5.41 Å². The zero-order valence-electron chi connectivity index (χ0n) is 11.1. The van der Waals surface area contributed by atoms with Crippen LogP contribution < -0.4 is 0 Å². The molecule has 1 rings (SSSR count). The van der Waals surface area contributed by atoms with E-state index in [4.69, 9.17) is 0 Å². The molecule has 1 aromatic heterocycles. The second-order valence-corrected chi connectivity index (χ2v) is 7.84. The van der Waals surface area contributed by atoms with Gasteiger partial charge in [-0.05, 0) is 46.4 Å². The van der Waals surface area contributed by atoms with E-state index in [2.05, 4.69) is 58.7 Å². The van der Waals surface area contributed by atoms with E-state index < -0.39 is 0 Å². The lowest BCUT2D eigenvalue weighted by atomic mass is 9.83. The minimum absolute atomic E-state index is 0.272. The Balaban J connectivity index is 2.79. The van der Waals surface area contributed by atoms with E-state index >= 15 is 0 Å². The van der Waals surface area contributed by atoms with Crippen LogP contribution in [-0.2, 0) is 11.8 Å². The van der Waals surface area contributed by atoms with Crippen LogP contribution >= 0.6 is 24.0 Å². The van der Waals surface area contributed by atoms with E-state index in [0.717, 1.165) is 12.2 Å². The van der Waals surface area contributed by atoms with Gasteiger partial charge < -0.3 is 0 Å². The highest BCUT2D eigenvalue weighted by molar-refractivity contribution is 7.80. The first-order valence-corrected chi connectivity index (χ1v) is 7.44. The maximum absolute atomic E-state index is 4.34. The smallest absolute Gasteiger partial charge is 0.00534 e. The summed E-state index contributed by atoms with van der Waals surface area (Å²) in [5.74, 6) is 0.956. The molecular formula is C14H24S2. The molecule has 92 valence electrons.